The molecule has 4 rings (SSSR count). The van der Waals surface area contributed by atoms with Gasteiger partial charge in [0.25, 0.3) is 0 Å². The topological polar surface area (TPSA) is 58.6 Å². The summed E-state index contributed by atoms with van der Waals surface area (Å²) in [4.78, 5) is 28.2. The number of benzene rings is 2. The highest BCUT2D eigenvalue weighted by Crippen LogP contribution is 2.47. The number of nitrogens with zero attached hydrogens (tertiary/aromatic N) is 1. The summed E-state index contributed by atoms with van der Waals surface area (Å²) in [5.74, 6) is 0.929. The summed E-state index contributed by atoms with van der Waals surface area (Å²) < 4.78 is 5.57. The van der Waals surface area contributed by atoms with Gasteiger partial charge >= 0.3 is 0 Å². The van der Waals surface area contributed by atoms with Crippen LogP contribution in [0.4, 0.5) is 0 Å². The second-order valence-corrected chi connectivity index (χ2v) is 8.29. The first kappa shape index (κ1) is 21.2. The average molecular weight is 419 g/mol. The lowest BCUT2D eigenvalue weighted by molar-refractivity contribution is -0.141. The molecule has 0 aromatic heterocycles. The van der Waals surface area contributed by atoms with Crippen molar-refractivity contribution in [3.8, 4) is 5.75 Å². The van der Waals surface area contributed by atoms with Gasteiger partial charge in [0.05, 0.1) is 18.6 Å². The largest absolute Gasteiger partial charge is 0.494 e. The van der Waals surface area contributed by atoms with Gasteiger partial charge in [-0.25, -0.2) is 0 Å². The molecule has 0 bridgehead atoms. The summed E-state index contributed by atoms with van der Waals surface area (Å²) >= 11 is 0. The number of carbonyl (C=O) groups is 2. The summed E-state index contributed by atoms with van der Waals surface area (Å²) in [6.07, 6.45) is 5.73. The van der Waals surface area contributed by atoms with Crippen LogP contribution < -0.4 is 10.1 Å². The van der Waals surface area contributed by atoms with Crippen LogP contribution in [0.1, 0.15) is 50.2 Å². The number of carbonyl (C=O) groups excluding carboxylic acids is 2. The Bertz CT molecular complexity index is 970. The summed E-state index contributed by atoms with van der Waals surface area (Å²) in [5.41, 5.74) is 2.34. The van der Waals surface area contributed by atoms with Gasteiger partial charge in [-0.15, -0.1) is 0 Å². The van der Waals surface area contributed by atoms with Gasteiger partial charge in [-0.2, -0.15) is 0 Å². The lowest BCUT2D eigenvalue weighted by Gasteiger charge is -2.46. The van der Waals surface area contributed by atoms with Crippen molar-refractivity contribution in [3.05, 3.63) is 77.5 Å². The monoisotopic (exact) mass is 418 g/mol. The zero-order valence-corrected chi connectivity index (χ0v) is 18.1. The Kier molecular flexibility index (Phi) is 6.40. The van der Waals surface area contributed by atoms with Crippen LogP contribution in [0.2, 0.25) is 0 Å². The fourth-order valence-electron chi connectivity index (χ4n) is 4.72. The molecule has 2 aromatic rings. The molecule has 1 fully saturated rings. The van der Waals surface area contributed by atoms with Crippen LogP contribution in [0.25, 0.3) is 0 Å². The number of piperidine rings is 1. The van der Waals surface area contributed by atoms with Gasteiger partial charge in [-0.1, -0.05) is 48.5 Å². The smallest absolute Gasteiger partial charge is 0.232 e. The molecule has 5 nitrogen and oxygen atoms in total. The summed E-state index contributed by atoms with van der Waals surface area (Å²) in [7, 11) is 0. The zero-order valence-electron chi connectivity index (χ0n) is 18.1. The quantitative estimate of drug-likeness (QED) is 0.716. The SMILES string of the molecule is CCOc1cccc(CNC(=O)C23CCCC=C2N(Cc2ccccc2)C(=O)CC3)c1. The minimum atomic E-state index is -0.627. The number of ether oxygens (including phenoxy) is 1. The molecule has 0 saturated carbocycles. The van der Waals surface area contributed by atoms with Crippen LogP contribution in [0.3, 0.4) is 0 Å². The van der Waals surface area contributed by atoms with Crippen LogP contribution in [0.15, 0.2) is 66.4 Å². The third-order valence-electron chi connectivity index (χ3n) is 6.27. The van der Waals surface area contributed by atoms with Crippen molar-refractivity contribution in [3.63, 3.8) is 0 Å². The van der Waals surface area contributed by atoms with E-state index in [4.69, 9.17) is 4.74 Å². The van der Waals surface area contributed by atoms with Crippen molar-refractivity contribution in [2.75, 3.05) is 6.61 Å². The van der Waals surface area contributed by atoms with E-state index in [0.717, 1.165) is 41.8 Å². The van der Waals surface area contributed by atoms with Gasteiger partial charge in [-0.3, -0.25) is 9.59 Å². The molecule has 1 unspecified atom stereocenters. The Morgan fingerprint density at radius 3 is 2.71 bits per heavy atom. The van der Waals surface area contributed by atoms with E-state index in [-0.39, 0.29) is 11.8 Å². The maximum atomic E-state index is 13.5. The van der Waals surface area contributed by atoms with Gasteiger partial charge in [0, 0.05) is 18.7 Å². The molecule has 2 amide bonds. The normalized spacial score (nSPS) is 20.6. The van der Waals surface area contributed by atoms with Crippen LogP contribution in [0.5, 0.6) is 5.75 Å². The van der Waals surface area contributed by atoms with Crippen LogP contribution in [0, 0.1) is 5.41 Å². The molecule has 1 saturated heterocycles. The van der Waals surface area contributed by atoms with E-state index in [1.54, 1.807) is 0 Å². The van der Waals surface area contributed by atoms with E-state index in [1.807, 2.05) is 66.4 Å². The summed E-state index contributed by atoms with van der Waals surface area (Å²) in [6.45, 7) is 3.52. The molecule has 162 valence electrons. The van der Waals surface area contributed by atoms with E-state index < -0.39 is 5.41 Å². The second kappa shape index (κ2) is 9.38. The van der Waals surface area contributed by atoms with Gasteiger partial charge in [0.1, 0.15) is 5.75 Å². The van der Waals surface area contributed by atoms with Gasteiger partial charge in [0.15, 0.2) is 0 Å². The molecule has 0 spiro atoms. The van der Waals surface area contributed by atoms with E-state index in [9.17, 15) is 9.59 Å². The van der Waals surface area contributed by atoms with Crippen molar-refractivity contribution in [2.45, 2.75) is 52.1 Å². The Labute approximate surface area is 184 Å². The Morgan fingerprint density at radius 2 is 1.90 bits per heavy atom. The molecular formula is C26H30N2O3. The predicted molar refractivity (Wildman–Crippen MR) is 120 cm³/mol. The number of hydrogen-bond donors (Lipinski definition) is 1. The third-order valence-corrected chi connectivity index (χ3v) is 6.27. The van der Waals surface area contributed by atoms with Crippen molar-refractivity contribution in [2.24, 2.45) is 5.41 Å². The molecule has 1 atom stereocenters. The van der Waals surface area contributed by atoms with Crippen LogP contribution >= 0.6 is 0 Å². The lowest BCUT2D eigenvalue weighted by atomic mass is 9.69. The standard InChI is InChI=1S/C26H30N2O3/c1-2-31-22-12-8-11-21(17-22)18-27-25(30)26-15-7-6-13-23(26)28(24(29)14-16-26)19-20-9-4-3-5-10-20/h3-5,8-13,17H,2,6-7,14-16,18-19H2,1H3,(H,27,30). The maximum absolute atomic E-state index is 13.5. The van der Waals surface area contributed by atoms with E-state index >= 15 is 0 Å². The molecule has 2 aliphatic rings. The Morgan fingerprint density at radius 1 is 1.10 bits per heavy atom. The van der Waals surface area contributed by atoms with E-state index in [2.05, 4.69) is 11.4 Å². The summed E-state index contributed by atoms with van der Waals surface area (Å²) in [6, 6.07) is 17.8. The molecular weight excluding hydrogens is 388 g/mol. The molecule has 1 aliphatic heterocycles. The number of rotatable bonds is 7. The molecule has 1 N–H and O–H groups in total. The molecule has 31 heavy (non-hydrogen) atoms. The van der Waals surface area contributed by atoms with Crippen molar-refractivity contribution in [1.82, 2.24) is 10.2 Å². The molecule has 2 aromatic carbocycles. The van der Waals surface area contributed by atoms with Gasteiger partial charge in [0.2, 0.25) is 11.8 Å². The fraction of sp³-hybridized carbons (Fsp3) is 0.385. The van der Waals surface area contributed by atoms with Crippen LogP contribution in [-0.4, -0.2) is 23.3 Å². The summed E-state index contributed by atoms with van der Waals surface area (Å²) in [5, 5.41) is 3.15. The van der Waals surface area contributed by atoms with Crippen molar-refractivity contribution < 1.29 is 14.3 Å². The second-order valence-electron chi connectivity index (χ2n) is 8.29. The van der Waals surface area contributed by atoms with E-state index in [0.29, 0.717) is 32.5 Å². The first-order valence-electron chi connectivity index (χ1n) is 11.2. The highest BCUT2D eigenvalue weighted by Gasteiger charge is 2.49. The molecule has 1 aliphatic carbocycles. The Balaban J connectivity index is 1.53. The van der Waals surface area contributed by atoms with Crippen molar-refractivity contribution in [1.29, 1.82) is 0 Å². The first-order valence-corrected chi connectivity index (χ1v) is 11.2. The number of amides is 2. The third kappa shape index (κ3) is 4.50. The van der Waals surface area contributed by atoms with Gasteiger partial charge < -0.3 is 15.0 Å². The molecule has 0 radical (unpaired) electrons. The fourth-order valence-corrected chi connectivity index (χ4v) is 4.72. The highest BCUT2D eigenvalue weighted by molar-refractivity contribution is 5.91. The Hall–Kier alpha value is -3.08. The van der Waals surface area contributed by atoms with Crippen LogP contribution in [-0.2, 0) is 22.7 Å². The number of likely N-dealkylation sites (tertiary alicyclic amines) is 1. The molecule has 1 heterocycles. The first-order chi connectivity index (χ1) is 15.1. The predicted octanol–water partition coefficient (Wildman–Crippen LogP) is 4.58. The number of allylic oxidation sites excluding steroid dienone is 1. The number of fused-ring (bicyclic) bond motifs is 1. The molecule has 5 heteroatoms. The number of hydrogen-bond acceptors (Lipinski definition) is 3. The van der Waals surface area contributed by atoms with Crippen molar-refractivity contribution >= 4 is 11.8 Å². The van der Waals surface area contributed by atoms with Gasteiger partial charge in [-0.05, 0) is 55.9 Å². The lowest BCUT2D eigenvalue weighted by Crippen LogP contribution is -2.52. The zero-order chi connectivity index (χ0) is 21.7. The average Bonchev–Trinajstić information content (AvgIpc) is 2.80. The van der Waals surface area contributed by atoms with E-state index in [1.165, 1.54) is 0 Å². The minimum absolute atomic E-state index is 0.0193. The number of nitrogens with one attached hydrogen (secondary N) is 1. The minimum Gasteiger partial charge on any atom is -0.494 e. The maximum Gasteiger partial charge on any atom is 0.232 e. The highest BCUT2D eigenvalue weighted by atomic mass is 16.5.